The Hall–Kier alpha value is -5.38. The molecule has 2 fully saturated rings. The molecule has 6 aromatic rings. The first-order valence-electron chi connectivity index (χ1n) is 19.3. The maximum absolute atomic E-state index is 14.6. The van der Waals surface area contributed by atoms with Crippen LogP contribution >= 0.6 is 0 Å². The molecule has 8 rings (SSSR count). The second-order valence-electron chi connectivity index (χ2n) is 15.3. The number of rotatable bonds is 14. The van der Waals surface area contributed by atoms with Crippen LogP contribution in [0.4, 0.5) is 17.6 Å². The van der Waals surface area contributed by atoms with E-state index in [1.54, 1.807) is 24.3 Å². The molecule has 0 aliphatic carbocycles. The zero-order chi connectivity index (χ0) is 44.1. The highest BCUT2D eigenvalue weighted by molar-refractivity contribution is 7.87. The summed E-state index contributed by atoms with van der Waals surface area (Å²) in [4.78, 5) is 7.91. The minimum Gasteiger partial charge on any atom is -0.368 e. The summed E-state index contributed by atoms with van der Waals surface area (Å²) < 4.78 is 132. The summed E-state index contributed by atoms with van der Waals surface area (Å²) in [5, 5.41) is 8.11. The van der Waals surface area contributed by atoms with Gasteiger partial charge in [0.25, 0.3) is 20.2 Å². The van der Waals surface area contributed by atoms with Gasteiger partial charge in [-0.3, -0.25) is 8.37 Å². The smallest absolute Gasteiger partial charge is 0.296 e. The number of nitrogens with zero attached hydrogens (tertiary/aromatic N) is 6. The first-order chi connectivity index (χ1) is 29.5. The van der Waals surface area contributed by atoms with Gasteiger partial charge in [-0.2, -0.15) is 27.0 Å². The van der Waals surface area contributed by atoms with Crippen molar-refractivity contribution in [2.24, 2.45) is 11.8 Å². The fraction of sp³-hybridized carbons (Fsp3) is 0.333. The maximum Gasteiger partial charge on any atom is 0.296 e. The second-order valence-corrected chi connectivity index (χ2v) is 18.5. The summed E-state index contributed by atoms with van der Waals surface area (Å²) in [5.74, 6) is -3.53. The predicted octanol–water partition coefficient (Wildman–Crippen LogP) is 6.40. The molecule has 14 nitrogen and oxygen atoms in total. The number of aromatic nitrogens is 6. The van der Waals surface area contributed by atoms with Gasteiger partial charge in [-0.1, -0.05) is 47.5 Å². The van der Waals surface area contributed by atoms with Crippen molar-refractivity contribution in [2.45, 2.75) is 60.8 Å². The third-order valence-corrected chi connectivity index (χ3v) is 13.2. The summed E-state index contributed by atoms with van der Waals surface area (Å²) in [6.45, 7) is 4.03. The molecule has 0 saturated carbocycles. The van der Waals surface area contributed by atoms with Gasteiger partial charge in [0.15, 0.2) is 0 Å². The Bertz CT molecular complexity index is 2490. The second kappa shape index (κ2) is 18.5. The van der Waals surface area contributed by atoms with Gasteiger partial charge in [-0.25, -0.2) is 36.9 Å². The van der Waals surface area contributed by atoms with Crippen LogP contribution in [0.25, 0.3) is 0 Å². The molecule has 0 bridgehead atoms. The molecule has 4 aromatic carbocycles. The van der Waals surface area contributed by atoms with Gasteiger partial charge in [-0.05, 0) is 63.1 Å². The van der Waals surface area contributed by atoms with Crippen LogP contribution in [0.2, 0.25) is 0 Å². The Morgan fingerprint density at radius 3 is 1.34 bits per heavy atom. The van der Waals surface area contributed by atoms with Gasteiger partial charge in [0.1, 0.15) is 59.8 Å². The maximum atomic E-state index is 14.6. The fourth-order valence-electron chi connectivity index (χ4n) is 7.49. The van der Waals surface area contributed by atoms with E-state index in [2.05, 4.69) is 20.2 Å². The number of halogens is 4. The van der Waals surface area contributed by atoms with E-state index in [0.717, 1.165) is 35.4 Å². The quantitative estimate of drug-likeness (QED) is 0.0873. The molecule has 0 unspecified atom stereocenters. The Balaban J connectivity index is 0.000000186. The fourth-order valence-corrected chi connectivity index (χ4v) is 9.45. The Morgan fingerprint density at radius 2 is 1.00 bits per heavy atom. The molecule has 2 aromatic heterocycles. The van der Waals surface area contributed by atoms with Crippen molar-refractivity contribution in [3.63, 3.8) is 0 Å². The Morgan fingerprint density at radius 1 is 0.613 bits per heavy atom. The van der Waals surface area contributed by atoms with E-state index in [0.29, 0.717) is 0 Å². The van der Waals surface area contributed by atoms with Gasteiger partial charge >= 0.3 is 0 Å². The van der Waals surface area contributed by atoms with E-state index < -0.39 is 54.7 Å². The third-order valence-electron chi connectivity index (χ3n) is 10.6. The van der Waals surface area contributed by atoms with Crippen LogP contribution < -0.4 is 0 Å². The van der Waals surface area contributed by atoms with Gasteiger partial charge in [-0.15, -0.1) is 0 Å². The highest BCUT2D eigenvalue weighted by Crippen LogP contribution is 2.43. The molecule has 0 amide bonds. The Kier molecular flexibility index (Phi) is 13.4. The standard InChI is InChI=1S/2C21H21F2N3O4S/c2*1-15-2-5-18(6-3-15)31(27,28)30-11-16-9-21(29-10-16,12-26-14-24-13-25-26)19-7-4-17(22)8-20(19)23/h2*2-8,13-14,16H,9-12H2,1H3/t2*16-,21-/m10/s1. The number of aryl methyl sites for hydroxylation is 2. The van der Waals surface area contributed by atoms with Gasteiger partial charge in [0.05, 0.1) is 49.3 Å². The molecule has 4 heterocycles. The van der Waals surface area contributed by atoms with Crippen molar-refractivity contribution >= 4 is 20.2 Å². The molecular formula is C42H42F4N6O8S2. The van der Waals surface area contributed by atoms with Crippen molar-refractivity contribution in [1.29, 1.82) is 0 Å². The number of hydrogen-bond acceptors (Lipinski definition) is 12. The van der Waals surface area contributed by atoms with Crippen LogP contribution in [0.5, 0.6) is 0 Å². The van der Waals surface area contributed by atoms with Crippen molar-refractivity contribution in [2.75, 3.05) is 26.4 Å². The first-order valence-corrected chi connectivity index (χ1v) is 22.1. The SMILES string of the molecule is Cc1ccc(S(=O)(=O)OC[C@@H]2CO[C@@](Cn3cncn3)(c3ccc(F)cc3F)C2)cc1.Cc1ccc(S(=O)(=O)OC[C@H]2CO[C@](Cn3cncn3)(c3ccc(F)cc3F)C2)cc1. The van der Waals surface area contributed by atoms with Crippen LogP contribution in [0.3, 0.4) is 0 Å². The lowest BCUT2D eigenvalue weighted by Gasteiger charge is -2.29. The summed E-state index contributed by atoms with van der Waals surface area (Å²) in [6, 6.07) is 19.3. The summed E-state index contributed by atoms with van der Waals surface area (Å²) in [7, 11) is -7.87. The van der Waals surface area contributed by atoms with E-state index >= 15 is 0 Å². The molecule has 4 atom stereocenters. The largest absolute Gasteiger partial charge is 0.368 e. The van der Waals surface area contributed by atoms with E-state index in [1.165, 1.54) is 71.1 Å². The summed E-state index contributed by atoms with van der Waals surface area (Å²) >= 11 is 0. The summed E-state index contributed by atoms with van der Waals surface area (Å²) in [6.07, 6.45) is 6.16. The van der Waals surface area contributed by atoms with Crippen LogP contribution in [-0.4, -0.2) is 72.8 Å². The number of benzene rings is 4. The molecule has 62 heavy (non-hydrogen) atoms. The van der Waals surface area contributed by atoms with E-state index in [9.17, 15) is 34.4 Å². The molecule has 0 N–H and O–H groups in total. The van der Waals surface area contributed by atoms with E-state index in [-0.39, 0.29) is 85.1 Å². The molecule has 328 valence electrons. The monoisotopic (exact) mass is 898 g/mol. The lowest BCUT2D eigenvalue weighted by atomic mass is 9.87. The molecular weight excluding hydrogens is 857 g/mol. The number of hydrogen-bond donors (Lipinski definition) is 0. The molecule has 2 aliphatic heterocycles. The van der Waals surface area contributed by atoms with Gasteiger partial charge in [0.2, 0.25) is 0 Å². The highest BCUT2D eigenvalue weighted by Gasteiger charge is 2.46. The van der Waals surface area contributed by atoms with Crippen molar-refractivity contribution in [3.05, 3.63) is 156 Å². The first kappa shape index (κ1) is 44.7. The molecule has 0 radical (unpaired) electrons. The van der Waals surface area contributed by atoms with Gasteiger partial charge < -0.3 is 9.47 Å². The van der Waals surface area contributed by atoms with Crippen LogP contribution in [0, 0.1) is 49.0 Å². The highest BCUT2D eigenvalue weighted by atomic mass is 32.2. The lowest BCUT2D eigenvalue weighted by Crippen LogP contribution is -2.32. The van der Waals surface area contributed by atoms with E-state index in [1.807, 2.05) is 13.8 Å². The van der Waals surface area contributed by atoms with Crippen molar-refractivity contribution in [3.8, 4) is 0 Å². The number of ether oxygens (including phenoxy) is 2. The molecule has 2 aliphatic rings. The summed E-state index contributed by atoms with van der Waals surface area (Å²) in [5.41, 5.74) is -0.105. The van der Waals surface area contributed by atoms with Crippen molar-refractivity contribution in [1.82, 2.24) is 29.5 Å². The zero-order valence-electron chi connectivity index (χ0n) is 33.5. The topological polar surface area (TPSA) is 167 Å². The van der Waals surface area contributed by atoms with Crippen LogP contribution in [0.1, 0.15) is 35.1 Å². The van der Waals surface area contributed by atoms with Gasteiger partial charge in [0, 0.05) is 35.1 Å². The molecule has 2 saturated heterocycles. The Labute approximate surface area is 355 Å². The minimum absolute atomic E-state index is 0.0653. The molecule has 0 spiro atoms. The average molecular weight is 899 g/mol. The van der Waals surface area contributed by atoms with Crippen molar-refractivity contribution < 1.29 is 52.2 Å². The zero-order valence-corrected chi connectivity index (χ0v) is 35.1. The third kappa shape index (κ3) is 10.4. The average Bonchev–Trinajstić information content (AvgIpc) is 4.07. The minimum atomic E-state index is -3.94. The van der Waals surface area contributed by atoms with Crippen LogP contribution in [-0.2, 0) is 62.4 Å². The predicted molar refractivity (Wildman–Crippen MR) is 213 cm³/mol. The van der Waals surface area contributed by atoms with E-state index in [4.69, 9.17) is 17.8 Å². The molecule has 20 heteroatoms. The lowest BCUT2D eigenvalue weighted by molar-refractivity contribution is -0.0208. The normalized spacial score (nSPS) is 21.5. The van der Waals surface area contributed by atoms with Crippen LogP contribution in [0.15, 0.2) is 120 Å².